The third kappa shape index (κ3) is 2.69. The first-order chi connectivity index (χ1) is 12.1. The molecule has 0 bridgehead atoms. The molecule has 0 amide bonds. The maximum absolute atomic E-state index is 12.1. The molecule has 4 rings (SSSR count). The monoisotopic (exact) mass is 337 g/mol. The zero-order chi connectivity index (χ0) is 17.4. The Labute approximate surface area is 140 Å². The fraction of sp³-hybridized carbons (Fsp3) is 0.0588. The molecule has 124 valence electrons. The number of oxazole rings is 1. The van der Waals surface area contributed by atoms with E-state index in [0.717, 1.165) is 5.56 Å². The summed E-state index contributed by atoms with van der Waals surface area (Å²) in [6, 6.07) is 15.2. The van der Waals surface area contributed by atoms with Gasteiger partial charge in [0.1, 0.15) is 5.69 Å². The summed E-state index contributed by atoms with van der Waals surface area (Å²) in [7, 11) is 0. The lowest BCUT2D eigenvalue weighted by atomic mass is 10.1. The van der Waals surface area contributed by atoms with Crippen molar-refractivity contribution >= 4 is 16.8 Å². The molecule has 2 heterocycles. The minimum atomic E-state index is -0.617. The van der Waals surface area contributed by atoms with E-state index in [2.05, 4.69) is 5.16 Å². The first-order valence-electron chi connectivity index (χ1n) is 7.40. The van der Waals surface area contributed by atoms with Crippen molar-refractivity contribution in [2.45, 2.75) is 6.54 Å². The van der Waals surface area contributed by atoms with Gasteiger partial charge in [-0.3, -0.25) is 14.7 Å². The molecule has 25 heavy (non-hydrogen) atoms. The average molecular weight is 337 g/mol. The predicted octanol–water partition coefficient (Wildman–Crippen LogP) is 3.21. The maximum Gasteiger partial charge on any atom is 0.420 e. The molecule has 0 aliphatic rings. The van der Waals surface area contributed by atoms with Crippen LogP contribution in [0, 0.1) is 10.1 Å². The zero-order valence-corrected chi connectivity index (χ0v) is 12.8. The van der Waals surface area contributed by atoms with Crippen molar-refractivity contribution in [3.63, 3.8) is 0 Å². The Balaban J connectivity index is 1.72. The molecule has 0 unspecified atom stereocenters. The fourth-order valence-corrected chi connectivity index (χ4v) is 2.60. The van der Waals surface area contributed by atoms with Crippen LogP contribution in [0.15, 0.2) is 68.3 Å². The second-order valence-electron chi connectivity index (χ2n) is 5.41. The van der Waals surface area contributed by atoms with Gasteiger partial charge in [-0.15, -0.1) is 0 Å². The molecule has 0 radical (unpaired) electrons. The van der Waals surface area contributed by atoms with E-state index in [4.69, 9.17) is 8.94 Å². The van der Waals surface area contributed by atoms with Gasteiger partial charge in [-0.25, -0.2) is 4.79 Å². The molecule has 0 aliphatic carbocycles. The summed E-state index contributed by atoms with van der Waals surface area (Å²) < 4.78 is 11.7. The molecular weight excluding hydrogens is 326 g/mol. The normalized spacial score (nSPS) is 11.0. The van der Waals surface area contributed by atoms with E-state index < -0.39 is 10.7 Å². The SMILES string of the molecule is O=c1oc2ccc([N+](=O)[O-])cc2n1Cc1cc(-c2ccccc2)no1. The van der Waals surface area contributed by atoms with E-state index in [-0.39, 0.29) is 17.8 Å². The molecule has 2 aromatic carbocycles. The Morgan fingerprint density at radius 1 is 1.12 bits per heavy atom. The molecule has 4 aromatic rings. The predicted molar refractivity (Wildman–Crippen MR) is 88.2 cm³/mol. The van der Waals surface area contributed by atoms with Crippen LogP contribution in [0.25, 0.3) is 22.4 Å². The highest BCUT2D eigenvalue weighted by atomic mass is 16.6. The van der Waals surface area contributed by atoms with Crippen molar-refractivity contribution < 1.29 is 13.9 Å². The van der Waals surface area contributed by atoms with Crippen LogP contribution in [0.1, 0.15) is 5.76 Å². The summed E-state index contributed by atoms with van der Waals surface area (Å²) in [5, 5.41) is 14.9. The molecule has 0 saturated carbocycles. The summed E-state index contributed by atoms with van der Waals surface area (Å²) in [6.45, 7) is 0.0623. The molecule has 0 spiro atoms. The lowest BCUT2D eigenvalue weighted by Gasteiger charge is -1.98. The van der Waals surface area contributed by atoms with Crippen molar-refractivity contribution in [1.29, 1.82) is 0 Å². The number of fused-ring (bicyclic) bond motifs is 1. The van der Waals surface area contributed by atoms with E-state index in [1.807, 2.05) is 30.3 Å². The number of aromatic nitrogens is 2. The highest BCUT2D eigenvalue weighted by Gasteiger charge is 2.16. The fourth-order valence-electron chi connectivity index (χ4n) is 2.60. The summed E-state index contributed by atoms with van der Waals surface area (Å²) in [4.78, 5) is 22.5. The van der Waals surface area contributed by atoms with Crippen molar-refractivity contribution in [2.24, 2.45) is 0 Å². The smallest absolute Gasteiger partial charge is 0.408 e. The quantitative estimate of drug-likeness (QED) is 0.418. The number of hydrogen-bond acceptors (Lipinski definition) is 6. The standard InChI is InChI=1S/C17H11N3O5/c21-17-19(15-8-12(20(22)23)6-7-16(15)24-17)10-13-9-14(18-25-13)11-4-2-1-3-5-11/h1-9H,10H2. The Kier molecular flexibility index (Phi) is 3.42. The minimum Gasteiger partial charge on any atom is -0.408 e. The number of nitrogens with zero attached hydrogens (tertiary/aromatic N) is 3. The summed E-state index contributed by atoms with van der Waals surface area (Å²) in [6.07, 6.45) is 0. The van der Waals surface area contributed by atoms with E-state index in [0.29, 0.717) is 17.0 Å². The third-order valence-corrected chi connectivity index (χ3v) is 3.80. The van der Waals surface area contributed by atoms with Gasteiger partial charge in [0.15, 0.2) is 11.3 Å². The van der Waals surface area contributed by atoms with Crippen LogP contribution in [0.4, 0.5) is 5.69 Å². The minimum absolute atomic E-state index is 0.0623. The molecule has 8 heteroatoms. The van der Waals surface area contributed by atoms with Gasteiger partial charge in [0.2, 0.25) is 0 Å². The Morgan fingerprint density at radius 2 is 1.92 bits per heavy atom. The molecule has 2 aromatic heterocycles. The van der Waals surface area contributed by atoms with Crippen LogP contribution in [0.2, 0.25) is 0 Å². The Morgan fingerprint density at radius 3 is 2.68 bits per heavy atom. The summed E-state index contributed by atoms with van der Waals surface area (Å²) in [5.74, 6) is -0.177. The van der Waals surface area contributed by atoms with E-state index in [9.17, 15) is 14.9 Å². The molecule has 0 atom stereocenters. The number of nitro benzene ring substituents is 1. The van der Waals surface area contributed by atoms with Crippen molar-refractivity contribution in [3.8, 4) is 11.3 Å². The van der Waals surface area contributed by atoms with E-state index >= 15 is 0 Å². The van der Waals surface area contributed by atoms with Crippen LogP contribution < -0.4 is 5.76 Å². The first-order valence-corrected chi connectivity index (χ1v) is 7.40. The highest BCUT2D eigenvalue weighted by molar-refractivity contribution is 5.76. The molecule has 0 fully saturated rings. The van der Waals surface area contributed by atoms with E-state index in [1.54, 1.807) is 6.07 Å². The third-order valence-electron chi connectivity index (χ3n) is 3.80. The van der Waals surface area contributed by atoms with Gasteiger partial charge in [0, 0.05) is 23.8 Å². The van der Waals surface area contributed by atoms with Crippen molar-refractivity contribution in [3.05, 3.63) is 81.0 Å². The van der Waals surface area contributed by atoms with Gasteiger partial charge in [-0.2, -0.15) is 0 Å². The van der Waals surface area contributed by atoms with Crippen LogP contribution in [0.3, 0.4) is 0 Å². The highest BCUT2D eigenvalue weighted by Crippen LogP contribution is 2.22. The van der Waals surface area contributed by atoms with Crippen LogP contribution >= 0.6 is 0 Å². The Bertz CT molecular complexity index is 1120. The Hall–Kier alpha value is -3.68. The second-order valence-corrected chi connectivity index (χ2v) is 5.41. The lowest BCUT2D eigenvalue weighted by Crippen LogP contribution is -2.14. The van der Waals surface area contributed by atoms with Crippen LogP contribution in [0.5, 0.6) is 0 Å². The van der Waals surface area contributed by atoms with Gasteiger partial charge in [0.05, 0.1) is 17.0 Å². The van der Waals surface area contributed by atoms with Crippen LogP contribution in [-0.2, 0) is 6.54 Å². The molecule has 8 nitrogen and oxygen atoms in total. The number of rotatable bonds is 4. The molecule has 0 aliphatic heterocycles. The number of hydrogen-bond donors (Lipinski definition) is 0. The van der Waals surface area contributed by atoms with Gasteiger partial charge in [-0.05, 0) is 6.07 Å². The summed E-state index contributed by atoms with van der Waals surface area (Å²) >= 11 is 0. The molecule has 0 N–H and O–H groups in total. The van der Waals surface area contributed by atoms with Gasteiger partial charge in [-0.1, -0.05) is 35.5 Å². The second kappa shape index (κ2) is 5.75. The number of benzene rings is 2. The molecule has 0 saturated heterocycles. The van der Waals surface area contributed by atoms with Gasteiger partial charge >= 0.3 is 5.76 Å². The maximum atomic E-state index is 12.1. The summed E-state index contributed by atoms with van der Waals surface area (Å²) in [5.41, 5.74) is 2.01. The largest absolute Gasteiger partial charge is 0.420 e. The van der Waals surface area contributed by atoms with Crippen LogP contribution in [-0.4, -0.2) is 14.6 Å². The van der Waals surface area contributed by atoms with Crippen molar-refractivity contribution in [1.82, 2.24) is 9.72 Å². The topological polar surface area (TPSA) is 104 Å². The van der Waals surface area contributed by atoms with Gasteiger partial charge in [0.25, 0.3) is 5.69 Å². The van der Waals surface area contributed by atoms with Crippen molar-refractivity contribution in [2.75, 3.05) is 0 Å². The zero-order valence-electron chi connectivity index (χ0n) is 12.8. The first kappa shape index (κ1) is 14.9. The van der Waals surface area contributed by atoms with Gasteiger partial charge < -0.3 is 8.94 Å². The number of nitro groups is 1. The van der Waals surface area contributed by atoms with E-state index in [1.165, 1.54) is 22.8 Å². The average Bonchev–Trinajstić information content (AvgIpc) is 3.21. The lowest BCUT2D eigenvalue weighted by molar-refractivity contribution is -0.384. The number of non-ortho nitro benzene ring substituents is 1. The molecular formula is C17H11N3O5.